The summed E-state index contributed by atoms with van der Waals surface area (Å²) in [5.41, 5.74) is 3.59. The molecule has 1 aliphatic rings. The van der Waals surface area contributed by atoms with E-state index in [1.807, 2.05) is 41.3 Å². The number of hydrogen-bond donors (Lipinski definition) is 0. The van der Waals surface area contributed by atoms with Gasteiger partial charge in [-0.25, -0.2) is 4.68 Å². The van der Waals surface area contributed by atoms with Crippen molar-refractivity contribution in [2.75, 3.05) is 31.1 Å². The molecule has 168 valence electrons. The Morgan fingerprint density at radius 2 is 1.67 bits per heavy atom. The predicted octanol–water partition coefficient (Wildman–Crippen LogP) is 3.88. The Morgan fingerprint density at radius 1 is 0.879 bits per heavy atom. The average molecular weight is 460 g/mol. The molecular weight excluding hydrogens is 434 g/mol. The number of tetrazole rings is 1. The summed E-state index contributed by atoms with van der Waals surface area (Å²) in [7, 11) is 0. The second-order valence-electron chi connectivity index (χ2n) is 8.18. The minimum atomic E-state index is -0.0275. The van der Waals surface area contributed by atoms with Gasteiger partial charge in [-0.2, -0.15) is 0 Å². The quantitative estimate of drug-likeness (QED) is 0.418. The number of pyridine rings is 1. The largest absolute Gasteiger partial charge is 0.369 e. The molecule has 8 heteroatoms. The van der Waals surface area contributed by atoms with E-state index in [1.165, 1.54) is 5.56 Å². The highest BCUT2D eigenvalue weighted by Gasteiger charge is 2.30. The van der Waals surface area contributed by atoms with Crippen LogP contribution in [0.2, 0.25) is 5.02 Å². The van der Waals surface area contributed by atoms with Crippen LogP contribution in [0, 0.1) is 0 Å². The maximum absolute atomic E-state index is 6.21. The van der Waals surface area contributed by atoms with Gasteiger partial charge >= 0.3 is 0 Å². The van der Waals surface area contributed by atoms with Gasteiger partial charge in [-0.05, 0) is 58.3 Å². The van der Waals surface area contributed by atoms with E-state index in [9.17, 15) is 0 Å². The summed E-state index contributed by atoms with van der Waals surface area (Å²) in [6.07, 6.45) is 4.55. The molecule has 7 nitrogen and oxygen atoms in total. The van der Waals surface area contributed by atoms with Gasteiger partial charge in [0.2, 0.25) is 0 Å². The standard InChI is InChI=1S/C25H26ClN7/c26-22-7-4-8-23(19-22)31-15-17-32(18-16-31)24(21-9-12-27-13-10-21)25-28-29-30-33(25)14-11-20-5-2-1-3-6-20/h1-10,12-13,19,24H,11,14-18H2. The number of aromatic nitrogens is 5. The smallest absolute Gasteiger partial charge is 0.173 e. The average Bonchev–Trinajstić information content (AvgIpc) is 3.33. The first-order valence-electron chi connectivity index (χ1n) is 11.2. The third kappa shape index (κ3) is 5.05. The lowest BCUT2D eigenvalue weighted by atomic mass is 10.0. The molecule has 1 fully saturated rings. The van der Waals surface area contributed by atoms with E-state index in [-0.39, 0.29) is 6.04 Å². The number of anilines is 1. The lowest BCUT2D eigenvalue weighted by Crippen LogP contribution is -2.48. The number of aryl methyl sites for hydroxylation is 2. The Morgan fingerprint density at radius 3 is 2.42 bits per heavy atom. The van der Waals surface area contributed by atoms with E-state index in [0.29, 0.717) is 0 Å². The summed E-state index contributed by atoms with van der Waals surface area (Å²) in [6, 6.07) is 22.6. The van der Waals surface area contributed by atoms with Crippen LogP contribution in [0.4, 0.5) is 5.69 Å². The van der Waals surface area contributed by atoms with Crippen LogP contribution in [0.3, 0.4) is 0 Å². The van der Waals surface area contributed by atoms with Crippen molar-refractivity contribution in [3.8, 4) is 0 Å². The fraction of sp³-hybridized carbons (Fsp3) is 0.280. The minimum absolute atomic E-state index is 0.0275. The van der Waals surface area contributed by atoms with Gasteiger partial charge in [0.15, 0.2) is 5.82 Å². The summed E-state index contributed by atoms with van der Waals surface area (Å²) in [4.78, 5) is 9.05. The first-order valence-corrected chi connectivity index (χ1v) is 11.6. The molecule has 0 radical (unpaired) electrons. The lowest BCUT2D eigenvalue weighted by molar-refractivity contribution is 0.200. The van der Waals surface area contributed by atoms with Gasteiger partial charge in [0.1, 0.15) is 0 Å². The molecule has 1 aliphatic heterocycles. The zero-order chi connectivity index (χ0) is 22.5. The normalized spacial score (nSPS) is 15.5. The predicted molar refractivity (Wildman–Crippen MR) is 129 cm³/mol. The Bertz CT molecular complexity index is 1160. The van der Waals surface area contributed by atoms with Crippen LogP contribution in [0.5, 0.6) is 0 Å². The minimum Gasteiger partial charge on any atom is -0.369 e. The molecule has 0 saturated carbocycles. The maximum Gasteiger partial charge on any atom is 0.173 e. The SMILES string of the molecule is Clc1cccc(N2CCN(C(c3ccncc3)c3nnnn3CCc3ccccc3)CC2)c1. The molecule has 1 unspecified atom stereocenters. The summed E-state index contributed by atoms with van der Waals surface area (Å²) < 4.78 is 1.95. The summed E-state index contributed by atoms with van der Waals surface area (Å²) in [5.74, 6) is 0.869. The highest BCUT2D eigenvalue weighted by Crippen LogP contribution is 2.29. The van der Waals surface area contributed by atoms with E-state index in [2.05, 4.69) is 72.8 Å². The molecule has 3 heterocycles. The lowest BCUT2D eigenvalue weighted by Gasteiger charge is -2.39. The van der Waals surface area contributed by atoms with E-state index in [4.69, 9.17) is 11.6 Å². The molecule has 0 amide bonds. The second kappa shape index (κ2) is 10.1. The highest BCUT2D eigenvalue weighted by atomic mass is 35.5. The number of halogens is 1. The Hall–Kier alpha value is -3.29. The molecule has 4 aromatic rings. The van der Waals surface area contributed by atoms with Gasteiger partial charge < -0.3 is 4.90 Å². The molecule has 2 aromatic carbocycles. The molecule has 1 atom stereocenters. The van der Waals surface area contributed by atoms with Crippen molar-refractivity contribution < 1.29 is 0 Å². The molecule has 0 spiro atoms. The number of piperazine rings is 1. The van der Waals surface area contributed by atoms with E-state index < -0.39 is 0 Å². The van der Waals surface area contributed by atoms with Crippen molar-refractivity contribution in [3.63, 3.8) is 0 Å². The van der Waals surface area contributed by atoms with Crippen molar-refractivity contribution in [3.05, 3.63) is 101 Å². The van der Waals surface area contributed by atoms with Crippen molar-refractivity contribution in [2.45, 2.75) is 19.0 Å². The number of hydrogen-bond acceptors (Lipinski definition) is 6. The Labute approximate surface area is 198 Å². The van der Waals surface area contributed by atoms with E-state index in [1.54, 1.807) is 0 Å². The Balaban J connectivity index is 1.37. The van der Waals surface area contributed by atoms with Crippen molar-refractivity contribution in [1.29, 1.82) is 0 Å². The van der Waals surface area contributed by atoms with Crippen LogP contribution in [0.25, 0.3) is 0 Å². The molecule has 1 saturated heterocycles. The molecule has 2 aromatic heterocycles. The topological polar surface area (TPSA) is 63.0 Å². The van der Waals surface area contributed by atoms with Crippen LogP contribution in [-0.4, -0.2) is 56.3 Å². The van der Waals surface area contributed by atoms with Crippen LogP contribution < -0.4 is 4.90 Å². The van der Waals surface area contributed by atoms with E-state index >= 15 is 0 Å². The van der Waals surface area contributed by atoms with Gasteiger partial charge in [-0.15, -0.1) is 5.10 Å². The van der Waals surface area contributed by atoms with Crippen molar-refractivity contribution in [2.24, 2.45) is 0 Å². The first kappa shape index (κ1) is 21.6. The molecule has 0 bridgehead atoms. The van der Waals surface area contributed by atoms with Crippen LogP contribution in [-0.2, 0) is 13.0 Å². The van der Waals surface area contributed by atoms with Gasteiger partial charge in [-0.1, -0.05) is 48.0 Å². The zero-order valence-electron chi connectivity index (χ0n) is 18.3. The fourth-order valence-electron chi connectivity index (χ4n) is 4.43. The zero-order valence-corrected chi connectivity index (χ0v) is 19.1. The number of benzene rings is 2. The molecule has 0 aliphatic carbocycles. The van der Waals surface area contributed by atoms with E-state index in [0.717, 1.165) is 61.2 Å². The summed E-state index contributed by atoms with van der Waals surface area (Å²) >= 11 is 6.21. The van der Waals surface area contributed by atoms with Crippen LogP contribution in [0.15, 0.2) is 79.1 Å². The fourth-order valence-corrected chi connectivity index (χ4v) is 4.61. The monoisotopic (exact) mass is 459 g/mol. The van der Waals surface area contributed by atoms with Crippen LogP contribution >= 0.6 is 11.6 Å². The third-order valence-electron chi connectivity index (χ3n) is 6.13. The second-order valence-corrected chi connectivity index (χ2v) is 8.62. The number of nitrogens with zero attached hydrogens (tertiary/aromatic N) is 7. The van der Waals surface area contributed by atoms with Crippen molar-refractivity contribution in [1.82, 2.24) is 30.1 Å². The summed E-state index contributed by atoms with van der Waals surface area (Å²) in [5, 5.41) is 13.6. The number of rotatable bonds is 7. The molecule has 0 N–H and O–H groups in total. The van der Waals surface area contributed by atoms with Gasteiger partial charge in [0.25, 0.3) is 0 Å². The van der Waals surface area contributed by atoms with Gasteiger partial charge in [-0.3, -0.25) is 9.88 Å². The van der Waals surface area contributed by atoms with Crippen LogP contribution in [0.1, 0.15) is 23.0 Å². The molecule has 5 rings (SSSR count). The van der Waals surface area contributed by atoms with Gasteiger partial charge in [0, 0.05) is 55.8 Å². The molecule has 33 heavy (non-hydrogen) atoms. The van der Waals surface area contributed by atoms with Crippen molar-refractivity contribution >= 4 is 17.3 Å². The molecular formula is C25H26ClN7. The van der Waals surface area contributed by atoms with Gasteiger partial charge in [0.05, 0.1) is 6.04 Å². The first-order chi connectivity index (χ1) is 16.3. The highest BCUT2D eigenvalue weighted by molar-refractivity contribution is 6.30. The Kier molecular flexibility index (Phi) is 6.60. The maximum atomic E-state index is 6.21. The third-order valence-corrected chi connectivity index (χ3v) is 6.37. The summed E-state index contributed by atoms with van der Waals surface area (Å²) in [6.45, 7) is 4.34.